The number of rotatable bonds is 5. The molecule has 3 aromatic rings. The van der Waals surface area contributed by atoms with Gasteiger partial charge in [0.25, 0.3) is 5.91 Å². The minimum atomic E-state index is -1.88. The lowest BCUT2D eigenvalue weighted by Gasteiger charge is -2.26. The van der Waals surface area contributed by atoms with E-state index in [1.54, 1.807) is 35.2 Å². The molecule has 0 saturated heterocycles. The van der Waals surface area contributed by atoms with Gasteiger partial charge in [-0.3, -0.25) is 4.79 Å². The summed E-state index contributed by atoms with van der Waals surface area (Å²) in [6.45, 7) is 0.318. The third kappa shape index (κ3) is 3.55. The summed E-state index contributed by atoms with van der Waals surface area (Å²) in [5.74, 6) is -0.589. The number of benzene rings is 3. The van der Waals surface area contributed by atoms with Crippen LogP contribution >= 0.6 is 15.9 Å². The highest BCUT2D eigenvalue weighted by Gasteiger charge is 2.50. The number of fused-ring (bicyclic) bond motifs is 1. The lowest BCUT2D eigenvalue weighted by Crippen LogP contribution is -2.41. The van der Waals surface area contributed by atoms with Crippen LogP contribution in [0.3, 0.4) is 0 Å². The number of aliphatic hydroxyl groups excluding tert-OH is 1. The van der Waals surface area contributed by atoms with Crippen LogP contribution in [-0.2, 0) is 16.9 Å². The van der Waals surface area contributed by atoms with Crippen molar-refractivity contribution in [3.8, 4) is 5.75 Å². The van der Waals surface area contributed by atoms with Gasteiger partial charge in [-0.05, 0) is 23.8 Å². The molecule has 3 aromatic carbocycles. The van der Waals surface area contributed by atoms with Gasteiger partial charge in [-0.2, -0.15) is 0 Å². The normalized spacial score (nSPS) is 19.3. The van der Waals surface area contributed by atoms with Crippen LogP contribution in [0.4, 0.5) is 5.69 Å². The summed E-state index contributed by atoms with van der Waals surface area (Å²) in [4.78, 5) is 14.8. The molecule has 5 nitrogen and oxygen atoms in total. The van der Waals surface area contributed by atoms with Gasteiger partial charge < -0.3 is 20.2 Å². The number of halogens is 1. The first-order chi connectivity index (χ1) is 13.9. The summed E-state index contributed by atoms with van der Waals surface area (Å²) in [6, 6.07) is 21.3. The standard InChI is InChI=1S/C23H20BrNO4/c24-16-10-11-17(20(26)12-16)21(27)13-23(29)18-8-4-5-9-19(18)25(22(23)28)14-15-6-2-1-3-7-15/h1-12,21,26-27,29H,13-14H2. The summed E-state index contributed by atoms with van der Waals surface area (Å²) >= 11 is 3.26. The maximum atomic E-state index is 13.3. The lowest BCUT2D eigenvalue weighted by molar-refractivity contribution is -0.139. The van der Waals surface area contributed by atoms with Crippen LogP contribution in [-0.4, -0.2) is 21.2 Å². The van der Waals surface area contributed by atoms with Gasteiger partial charge in [0.15, 0.2) is 5.60 Å². The van der Waals surface area contributed by atoms with Crippen molar-refractivity contribution in [1.29, 1.82) is 0 Å². The maximum Gasteiger partial charge on any atom is 0.264 e. The van der Waals surface area contributed by atoms with E-state index in [1.807, 2.05) is 36.4 Å². The van der Waals surface area contributed by atoms with E-state index >= 15 is 0 Å². The molecule has 2 atom stereocenters. The van der Waals surface area contributed by atoms with Crippen LogP contribution in [0.2, 0.25) is 0 Å². The Kier molecular flexibility index (Phi) is 5.17. The van der Waals surface area contributed by atoms with Crippen molar-refractivity contribution in [3.63, 3.8) is 0 Å². The number of carbonyl (C=O) groups is 1. The second-order valence-electron chi connectivity index (χ2n) is 7.18. The number of amides is 1. The number of para-hydroxylation sites is 1. The van der Waals surface area contributed by atoms with Crippen molar-refractivity contribution in [2.45, 2.75) is 24.7 Å². The predicted molar refractivity (Wildman–Crippen MR) is 113 cm³/mol. The molecule has 1 aliphatic rings. The number of phenolic OH excluding ortho intramolecular Hbond substituents is 1. The highest BCUT2D eigenvalue weighted by molar-refractivity contribution is 9.10. The number of carbonyl (C=O) groups excluding carboxylic acids is 1. The van der Waals surface area contributed by atoms with Crippen molar-refractivity contribution in [1.82, 2.24) is 0 Å². The topological polar surface area (TPSA) is 81.0 Å². The Balaban J connectivity index is 1.68. The number of hydrogen-bond acceptors (Lipinski definition) is 4. The largest absolute Gasteiger partial charge is 0.508 e. The molecule has 0 aliphatic carbocycles. The van der Waals surface area contributed by atoms with Crippen LogP contribution in [0.25, 0.3) is 0 Å². The van der Waals surface area contributed by atoms with E-state index in [0.29, 0.717) is 22.3 Å². The Morgan fingerprint density at radius 3 is 2.41 bits per heavy atom. The molecular formula is C23H20BrNO4. The minimum absolute atomic E-state index is 0.102. The molecule has 3 N–H and O–H groups in total. The molecule has 2 unspecified atom stereocenters. The van der Waals surface area contributed by atoms with Gasteiger partial charge in [-0.25, -0.2) is 0 Å². The third-order valence-corrected chi connectivity index (χ3v) is 5.76. The summed E-state index contributed by atoms with van der Waals surface area (Å²) in [5.41, 5.74) is 0.386. The molecule has 0 saturated carbocycles. The number of nitrogens with zero attached hydrogens (tertiary/aromatic N) is 1. The zero-order valence-corrected chi connectivity index (χ0v) is 17.1. The van der Waals surface area contributed by atoms with Gasteiger partial charge in [-0.1, -0.05) is 70.5 Å². The molecule has 0 bridgehead atoms. The molecule has 29 heavy (non-hydrogen) atoms. The molecule has 1 amide bonds. The van der Waals surface area contributed by atoms with Gasteiger partial charge >= 0.3 is 0 Å². The first kappa shape index (κ1) is 19.6. The van der Waals surface area contributed by atoms with Crippen molar-refractivity contribution >= 4 is 27.5 Å². The Hall–Kier alpha value is -2.67. The van der Waals surface area contributed by atoms with Crippen LogP contribution in [0.5, 0.6) is 5.75 Å². The number of anilines is 1. The lowest BCUT2D eigenvalue weighted by atomic mass is 9.87. The molecule has 4 rings (SSSR count). The molecule has 6 heteroatoms. The quantitative estimate of drug-likeness (QED) is 0.544. The van der Waals surface area contributed by atoms with Crippen molar-refractivity contribution in [3.05, 3.63) is 94.0 Å². The van der Waals surface area contributed by atoms with Crippen LogP contribution in [0, 0.1) is 0 Å². The second-order valence-corrected chi connectivity index (χ2v) is 8.09. The summed E-state index contributed by atoms with van der Waals surface area (Å²) in [6.07, 6.45) is -1.48. The van der Waals surface area contributed by atoms with Crippen molar-refractivity contribution in [2.75, 3.05) is 4.90 Å². The average molecular weight is 454 g/mol. The molecule has 0 aromatic heterocycles. The van der Waals surface area contributed by atoms with E-state index in [0.717, 1.165) is 5.56 Å². The molecule has 1 aliphatic heterocycles. The monoisotopic (exact) mass is 453 g/mol. The van der Waals surface area contributed by atoms with E-state index in [-0.39, 0.29) is 17.7 Å². The van der Waals surface area contributed by atoms with E-state index in [9.17, 15) is 20.1 Å². The highest BCUT2D eigenvalue weighted by Crippen LogP contribution is 2.46. The van der Waals surface area contributed by atoms with Gasteiger partial charge in [0, 0.05) is 22.0 Å². The SMILES string of the molecule is O=C1N(Cc2ccccc2)c2ccccc2C1(O)CC(O)c1ccc(Br)cc1O. The van der Waals surface area contributed by atoms with E-state index in [2.05, 4.69) is 15.9 Å². The zero-order valence-electron chi connectivity index (χ0n) is 15.5. The van der Waals surface area contributed by atoms with E-state index < -0.39 is 17.6 Å². The van der Waals surface area contributed by atoms with Gasteiger partial charge in [0.2, 0.25) is 0 Å². The van der Waals surface area contributed by atoms with Crippen molar-refractivity contribution < 1.29 is 20.1 Å². The Morgan fingerprint density at radius 1 is 1.00 bits per heavy atom. The van der Waals surface area contributed by atoms with E-state index in [1.165, 1.54) is 6.07 Å². The molecule has 0 spiro atoms. The van der Waals surface area contributed by atoms with Crippen molar-refractivity contribution in [2.24, 2.45) is 0 Å². The minimum Gasteiger partial charge on any atom is -0.508 e. The first-order valence-corrected chi connectivity index (χ1v) is 10.0. The van der Waals surface area contributed by atoms with Gasteiger partial charge in [-0.15, -0.1) is 0 Å². The van der Waals surface area contributed by atoms with E-state index in [4.69, 9.17) is 0 Å². The zero-order chi connectivity index (χ0) is 20.6. The smallest absolute Gasteiger partial charge is 0.264 e. The van der Waals surface area contributed by atoms with Crippen LogP contribution in [0.1, 0.15) is 29.2 Å². The fraction of sp³-hybridized carbons (Fsp3) is 0.174. The van der Waals surface area contributed by atoms with Crippen LogP contribution < -0.4 is 4.90 Å². The fourth-order valence-electron chi connectivity index (χ4n) is 3.82. The van der Waals surface area contributed by atoms with Crippen LogP contribution in [0.15, 0.2) is 77.3 Å². The van der Waals surface area contributed by atoms with Gasteiger partial charge in [0.05, 0.1) is 18.3 Å². The average Bonchev–Trinajstić information content (AvgIpc) is 2.91. The number of aliphatic hydroxyl groups is 2. The molecule has 148 valence electrons. The molecular weight excluding hydrogens is 434 g/mol. The second kappa shape index (κ2) is 7.63. The maximum absolute atomic E-state index is 13.3. The Labute approximate surface area is 177 Å². The first-order valence-electron chi connectivity index (χ1n) is 9.24. The number of aromatic hydroxyl groups is 1. The number of phenols is 1. The van der Waals surface area contributed by atoms with Gasteiger partial charge in [0.1, 0.15) is 5.75 Å². The molecule has 0 radical (unpaired) electrons. The Bertz CT molecular complexity index is 1060. The predicted octanol–water partition coefficient (Wildman–Crippen LogP) is 4.01. The molecule has 0 fully saturated rings. The fourth-order valence-corrected chi connectivity index (χ4v) is 4.16. The molecule has 1 heterocycles. The summed E-state index contributed by atoms with van der Waals surface area (Å²) < 4.78 is 0.668. The third-order valence-electron chi connectivity index (χ3n) is 5.26. The highest BCUT2D eigenvalue weighted by atomic mass is 79.9. The summed E-state index contributed by atoms with van der Waals surface area (Å²) in [5, 5.41) is 32.3. The number of hydrogen-bond donors (Lipinski definition) is 3. The summed E-state index contributed by atoms with van der Waals surface area (Å²) in [7, 11) is 0. The Morgan fingerprint density at radius 2 is 1.69 bits per heavy atom.